The highest BCUT2D eigenvalue weighted by Crippen LogP contribution is 2.14. The van der Waals surface area contributed by atoms with E-state index in [1.54, 1.807) is 19.1 Å². The molecule has 0 aliphatic rings. The van der Waals surface area contributed by atoms with Crippen LogP contribution in [-0.4, -0.2) is 34.1 Å². The number of anilines is 2. The summed E-state index contributed by atoms with van der Waals surface area (Å²) < 4.78 is 4.92. The van der Waals surface area contributed by atoms with Gasteiger partial charge in [-0.3, -0.25) is 4.79 Å². The molecule has 0 spiro atoms. The maximum absolute atomic E-state index is 12.2. The minimum atomic E-state index is -0.329. The number of hydrogen-bond acceptors (Lipinski definition) is 6. The lowest BCUT2D eigenvalue weighted by Crippen LogP contribution is -2.26. The van der Waals surface area contributed by atoms with Crippen molar-refractivity contribution in [2.24, 2.45) is 0 Å². The molecule has 2 aromatic heterocycles. The Morgan fingerprint density at radius 3 is 2.55 bits per heavy atom. The van der Waals surface area contributed by atoms with Gasteiger partial charge >= 0.3 is 0 Å². The molecule has 0 aliphatic carbocycles. The third-order valence-corrected chi connectivity index (χ3v) is 3.07. The van der Waals surface area contributed by atoms with Crippen LogP contribution in [0.4, 0.5) is 11.6 Å². The highest BCUT2D eigenvalue weighted by Gasteiger charge is 2.13. The first kappa shape index (κ1) is 15.9. The molecule has 7 nitrogen and oxygen atoms in total. The van der Waals surface area contributed by atoms with Gasteiger partial charge in [-0.05, 0) is 19.8 Å². The fraction of sp³-hybridized carbons (Fsp3) is 0.467. The van der Waals surface area contributed by atoms with Gasteiger partial charge in [-0.2, -0.15) is 0 Å². The SMILES string of the molecule is CCCN(CCC)c1cc(C(=O)Nc2cc(C)on2)ncn1. The second-order valence-electron chi connectivity index (χ2n) is 5.03. The summed E-state index contributed by atoms with van der Waals surface area (Å²) in [5.41, 5.74) is 0.308. The van der Waals surface area contributed by atoms with Gasteiger partial charge in [0, 0.05) is 25.2 Å². The summed E-state index contributed by atoms with van der Waals surface area (Å²) in [4.78, 5) is 22.7. The highest BCUT2D eigenvalue weighted by atomic mass is 16.5. The quantitative estimate of drug-likeness (QED) is 0.846. The van der Waals surface area contributed by atoms with Crippen LogP contribution in [0, 0.1) is 6.92 Å². The van der Waals surface area contributed by atoms with Crippen molar-refractivity contribution >= 4 is 17.5 Å². The van der Waals surface area contributed by atoms with Gasteiger partial charge in [0.15, 0.2) is 5.82 Å². The third-order valence-electron chi connectivity index (χ3n) is 3.07. The van der Waals surface area contributed by atoms with E-state index < -0.39 is 0 Å². The van der Waals surface area contributed by atoms with Crippen LogP contribution in [0.3, 0.4) is 0 Å². The number of rotatable bonds is 7. The molecular weight excluding hydrogens is 282 g/mol. The Kier molecular flexibility index (Phi) is 5.46. The van der Waals surface area contributed by atoms with E-state index in [1.807, 2.05) is 0 Å². The second kappa shape index (κ2) is 7.53. The van der Waals surface area contributed by atoms with E-state index in [9.17, 15) is 4.79 Å². The van der Waals surface area contributed by atoms with E-state index in [4.69, 9.17) is 4.52 Å². The van der Waals surface area contributed by atoms with Crippen molar-refractivity contribution in [2.45, 2.75) is 33.6 Å². The lowest BCUT2D eigenvalue weighted by molar-refractivity contribution is 0.102. The Bertz CT molecular complexity index is 620. The van der Waals surface area contributed by atoms with Crippen LogP contribution in [0.2, 0.25) is 0 Å². The fourth-order valence-electron chi connectivity index (χ4n) is 2.13. The Morgan fingerprint density at radius 2 is 1.95 bits per heavy atom. The first-order valence-corrected chi connectivity index (χ1v) is 7.45. The molecular formula is C15H21N5O2. The minimum absolute atomic E-state index is 0.308. The van der Waals surface area contributed by atoms with Crippen LogP contribution < -0.4 is 10.2 Å². The Morgan fingerprint density at radius 1 is 1.23 bits per heavy atom. The predicted octanol–water partition coefficient (Wildman–Crippen LogP) is 2.65. The third kappa shape index (κ3) is 4.03. The van der Waals surface area contributed by atoms with Crippen LogP contribution in [0.1, 0.15) is 42.9 Å². The molecule has 1 amide bonds. The topological polar surface area (TPSA) is 84.2 Å². The Labute approximate surface area is 129 Å². The van der Waals surface area contributed by atoms with Crippen molar-refractivity contribution in [3.63, 3.8) is 0 Å². The summed E-state index contributed by atoms with van der Waals surface area (Å²) in [6.45, 7) is 7.79. The first-order valence-electron chi connectivity index (χ1n) is 7.45. The van der Waals surface area contributed by atoms with E-state index in [1.165, 1.54) is 6.33 Å². The molecule has 0 aromatic carbocycles. The zero-order chi connectivity index (χ0) is 15.9. The van der Waals surface area contributed by atoms with Gasteiger partial charge in [0.1, 0.15) is 23.6 Å². The van der Waals surface area contributed by atoms with Crippen molar-refractivity contribution in [2.75, 3.05) is 23.3 Å². The van der Waals surface area contributed by atoms with Crippen LogP contribution in [0.25, 0.3) is 0 Å². The summed E-state index contributed by atoms with van der Waals surface area (Å²) in [5.74, 6) is 1.45. The molecule has 0 radical (unpaired) electrons. The zero-order valence-corrected chi connectivity index (χ0v) is 13.2. The van der Waals surface area contributed by atoms with Gasteiger partial charge in [-0.25, -0.2) is 9.97 Å². The first-order chi connectivity index (χ1) is 10.6. The van der Waals surface area contributed by atoms with Crippen molar-refractivity contribution in [3.8, 4) is 0 Å². The van der Waals surface area contributed by atoms with Crippen molar-refractivity contribution < 1.29 is 9.32 Å². The number of nitrogens with zero attached hydrogens (tertiary/aromatic N) is 4. The number of amides is 1. The fourth-order valence-corrected chi connectivity index (χ4v) is 2.13. The van der Waals surface area contributed by atoms with Crippen molar-refractivity contribution in [1.29, 1.82) is 0 Å². The maximum atomic E-state index is 12.2. The standard InChI is InChI=1S/C15H21N5O2/c1-4-6-20(7-5-2)14-9-12(16-10-17-14)15(21)18-13-8-11(3)22-19-13/h8-10H,4-7H2,1-3H3,(H,18,19,21). The maximum Gasteiger partial charge on any atom is 0.275 e. The van der Waals surface area contributed by atoms with E-state index in [-0.39, 0.29) is 5.91 Å². The minimum Gasteiger partial charge on any atom is -0.360 e. The average molecular weight is 303 g/mol. The number of nitrogens with one attached hydrogen (secondary N) is 1. The molecule has 22 heavy (non-hydrogen) atoms. The Hall–Kier alpha value is -2.44. The summed E-state index contributed by atoms with van der Waals surface area (Å²) in [7, 11) is 0. The molecule has 1 N–H and O–H groups in total. The van der Waals surface area contributed by atoms with Crippen molar-refractivity contribution in [3.05, 3.63) is 29.9 Å². The summed E-state index contributed by atoms with van der Waals surface area (Å²) in [6.07, 6.45) is 3.45. The predicted molar refractivity (Wildman–Crippen MR) is 84.0 cm³/mol. The number of hydrogen-bond donors (Lipinski definition) is 1. The van der Waals surface area contributed by atoms with Gasteiger partial charge in [-0.1, -0.05) is 19.0 Å². The summed E-state index contributed by atoms with van der Waals surface area (Å²) >= 11 is 0. The second-order valence-corrected chi connectivity index (χ2v) is 5.03. The highest BCUT2D eigenvalue weighted by molar-refractivity contribution is 6.02. The van der Waals surface area contributed by atoms with Gasteiger partial charge in [0.2, 0.25) is 0 Å². The van der Waals surface area contributed by atoms with Crippen molar-refractivity contribution in [1.82, 2.24) is 15.1 Å². The number of aryl methyl sites for hydroxylation is 1. The molecule has 0 unspecified atom stereocenters. The average Bonchev–Trinajstić information content (AvgIpc) is 2.92. The van der Waals surface area contributed by atoms with E-state index in [0.717, 1.165) is 31.7 Å². The molecule has 7 heteroatoms. The largest absolute Gasteiger partial charge is 0.360 e. The van der Waals surface area contributed by atoms with Crippen LogP contribution in [-0.2, 0) is 0 Å². The Balaban J connectivity index is 2.14. The van der Waals surface area contributed by atoms with Gasteiger partial charge < -0.3 is 14.7 Å². The van der Waals surface area contributed by atoms with Gasteiger partial charge in [-0.15, -0.1) is 0 Å². The van der Waals surface area contributed by atoms with Gasteiger partial charge in [0.25, 0.3) is 5.91 Å². The molecule has 0 fully saturated rings. The smallest absolute Gasteiger partial charge is 0.275 e. The molecule has 0 aliphatic heterocycles. The number of carbonyl (C=O) groups excluding carboxylic acids is 1. The molecule has 2 aromatic rings. The lowest BCUT2D eigenvalue weighted by Gasteiger charge is -2.22. The lowest BCUT2D eigenvalue weighted by atomic mass is 10.3. The van der Waals surface area contributed by atoms with Crippen LogP contribution in [0.5, 0.6) is 0 Å². The molecule has 2 rings (SSSR count). The van der Waals surface area contributed by atoms with Gasteiger partial charge in [0.05, 0.1) is 0 Å². The zero-order valence-electron chi connectivity index (χ0n) is 13.2. The van der Waals surface area contributed by atoms with E-state index in [0.29, 0.717) is 17.3 Å². The number of carbonyl (C=O) groups is 1. The van der Waals surface area contributed by atoms with Crippen LogP contribution >= 0.6 is 0 Å². The molecule has 0 saturated carbocycles. The summed E-state index contributed by atoms with van der Waals surface area (Å²) in [6, 6.07) is 3.36. The van der Waals surface area contributed by atoms with Crippen LogP contribution in [0.15, 0.2) is 23.0 Å². The molecule has 2 heterocycles. The number of aromatic nitrogens is 3. The normalized spacial score (nSPS) is 10.5. The summed E-state index contributed by atoms with van der Waals surface area (Å²) in [5, 5.41) is 6.39. The molecule has 0 atom stereocenters. The monoisotopic (exact) mass is 303 g/mol. The molecule has 118 valence electrons. The molecule has 0 saturated heterocycles. The molecule has 0 bridgehead atoms. The van der Waals surface area contributed by atoms with E-state index in [2.05, 4.69) is 39.2 Å². The van der Waals surface area contributed by atoms with E-state index >= 15 is 0 Å².